The minimum atomic E-state index is -0.385. The molecule has 0 saturated carbocycles. The molecule has 0 heterocycles. The van der Waals surface area contributed by atoms with Gasteiger partial charge in [-0.2, -0.15) is 10.4 Å². The Morgan fingerprint density at radius 1 is 1.35 bits per heavy atom. The minimum Gasteiger partial charge on any atom is -0.382 e. The number of hydrogen-bond donors (Lipinski definition) is 3. The number of nitrogens with two attached hydrogens (primary N) is 1. The summed E-state index contributed by atoms with van der Waals surface area (Å²) in [7, 11) is 0. The summed E-state index contributed by atoms with van der Waals surface area (Å²) in [5.41, 5.74) is 8.31. The predicted octanol–water partition coefficient (Wildman–Crippen LogP) is 3.20. The van der Waals surface area contributed by atoms with E-state index >= 15 is 0 Å². The Kier molecular flexibility index (Phi) is 5.11. The molecule has 1 aromatic rings. The molecule has 5 nitrogen and oxygen atoms in total. The number of amidine groups is 1. The molecule has 0 aliphatic rings. The zero-order valence-electron chi connectivity index (χ0n) is 8.26. The summed E-state index contributed by atoms with van der Waals surface area (Å²) in [5.74, 6) is -0.385. The monoisotopic (exact) mass is 421 g/mol. The van der Waals surface area contributed by atoms with Gasteiger partial charge in [-0.05, 0) is 44.0 Å². The lowest BCUT2D eigenvalue weighted by atomic mass is 10.3. The third-order valence-corrected chi connectivity index (χ3v) is 3.36. The fourth-order valence-corrected chi connectivity index (χ4v) is 3.34. The van der Waals surface area contributed by atoms with Crippen molar-refractivity contribution in [3.63, 3.8) is 0 Å². The Morgan fingerprint density at radius 2 is 1.88 bits per heavy atom. The van der Waals surface area contributed by atoms with Crippen molar-refractivity contribution in [2.24, 2.45) is 10.8 Å². The van der Waals surface area contributed by atoms with Crippen molar-refractivity contribution in [1.29, 1.82) is 10.7 Å². The molecule has 1 rings (SSSR count). The number of halogens is 3. The summed E-state index contributed by atoms with van der Waals surface area (Å²) < 4.78 is 2.39. The van der Waals surface area contributed by atoms with Gasteiger partial charge in [-0.1, -0.05) is 15.9 Å². The molecule has 0 bridgehead atoms. The Balaban J connectivity index is 3.05. The number of rotatable bonds is 3. The third-order valence-electron chi connectivity index (χ3n) is 1.65. The molecular formula is C9H6Br3N5. The molecular weight excluding hydrogens is 418 g/mol. The van der Waals surface area contributed by atoms with Crippen molar-refractivity contribution in [3.8, 4) is 6.07 Å². The first kappa shape index (κ1) is 14.2. The first-order valence-electron chi connectivity index (χ1n) is 4.18. The summed E-state index contributed by atoms with van der Waals surface area (Å²) in [6.45, 7) is 0. The van der Waals surface area contributed by atoms with Gasteiger partial charge in [0.25, 0.3) is 0 Å². The summed E-state index contributed by atoms with van der Waals surface area (Å²) in [6.07, 6.45) is 0. The minimum absolute atomic E-state index is 0.174. The second kappa shape index (κ2) is 6.14. The molecule has 0 spiro atoms. The van der Waals surface area contributed by atoms with Crippen LogP contribution in [-0.2, 0) is 0 Å². The maximum absolute atomic E-state index is 8.68. The van der Waals surface area contributed by atoms with Gasteiger partial charge >= 0.3 is 0 Å². The summed E-state index contributed by atoms with van der Waals surface area (Å²) in [5, 5.41) is 19.5. The molecule has 0 saturated heterocycles. The quantitative estimate of drug-likeness (QED) is 0.395. The van der Waals surface area contributed by atoms with Gasteiger partial charge in [0.2, 0.25) is 5.71 Å². The molecule has 0 fully saturated rings. The largest absolute Gasteiger partial charge is 0.382 e. The molecule has 0 amide bonds. The summed E-state index contributed by atoms with van der Waals surface area (Å²) >= 11 is 10.0. The standard InChI is InChI=1S/C9H6Br3N5/c10-4-1-5(11)8(6(12)2-4)17-16-7(3-13)9(14)15/h1-2,17H,(H3,14,15)/b16-7+. The molecule has 0 aliphatic heterocycles. The highest BCUT2D eigenvalue weighted by molar-refractivity contribution is 9.11. The van der Waals surface area contributed by atoms with Crippen LogP contribution in [0.1, 0.15) is 0 Å². The lowest BCUT2D eigenvalue weighted by Gasteiger charge is -2.07. The highest BCUT2D eigenvalue weighted by Crippen LogP contribution is 2.34. The zero-order chi connectivity index (χ0) is 13.0. The van der Waals surface area contributed by atoms with Crippen LogP contribution >= 0.6 is 47.8 Å². The first-order valence-corrected chi connectivity index (χ1v) is 6.56. The van der Waals surface area contributed by atoms with Crippen molar-refractivity contribution in [3.05, 3.63) is 25.6 Å². The fraction of sp³-hybridized carbons (Fsp3) is 0. The van der Waals surface area contributed by atoms with Crippen LogP contribution in [0, 0.1) is 16.7 Å². The molecule has 17 heavy (non-hydrogen) atoms. The molecule has 88 valence electrons. The van der Waals surface area contributed by atoms with Crippen LogP contribution in [0.3, 0.4) is 0 Å². The van der Waals surface area contributed by atoms with Crippen LogP contribution in [0.4, 0.5) is 5.69 Å². The van der Waals surface area contributed by atoms with E-state index in [4.69, 9.17) is 16.4 Å². The number of nitrogens with zero attached hydrogens (tertiary/aromatic N) is 2. The number of nitrogens with one attached hydrogen (secondary N) is 2. The number of hydrazone groups is 1. The Bertz CT molecular complexity index is 509. The van der Waals surface area contributed by atoms with E-state index in [9.17, 15) is 0 Å². The molecule has 0 unspecified atom stereocenters. The fourth-order valence-electron chi connectivity index (χ4n) is 0.906. The van der Waals surface area contributed by atoms with Gasteiger partial charge in [0.05, 0.1) is 5.69 Å². The molecule has 0 atom stereocenters. The van der Waals surface area contributed by atoms with E-state index in [1.54, 1.807) is 6.07 Å². The smallest absolute Gasteiger partial charge is 0.201 e. The second-order valence-electron chi connectivity index (χ2n) is 2.84. The van der Waals surface area contributed by atoms with Crippen molar-refractivity contribution >= 4 is 65.0 Å². The Morgan fingerprint density at radius 3 is 2.29 bits per heavy atom. The molecule has 4 N–H and O–H groups in total. The zero-order valence-corrected chi connectivity index (χ0v) is 13.0. The predicted molar refractivity (Wildman–Crippen MR) is 78.1 cm³/mol. The van der Waals surface area contributed by atoms with E-state index in [2.05, 4.69) is 58.3 Å². The van der Waals surface area contributed by atoms with E-state index in [0.29, 0.717) is 5.69 Å². The van der Waals surface area contributed by atoms with Gasteiger partial charge in [-0.3, -0.25) is 10.8 Å². The number of benzene rings is 1. The van der Waals surface area contributed by atoms with Gasteiger partial charge in [-0.15, -0.1) is 0 Å². The average molecular weight is 424 g/mol. The molecule has 0 aromatic heterocycles. The lowest BCUT2D eigenvalue weighted by Crippen LogP contribution is -2.21. The molecule has 0 aliphatic carbocycles. The summed E-state index contributed by atoms with van der Waals surface area (Å²) in [4.78, 5) is 0. The van der Waals surface area contributed by atoms with Crippen molar-refractivity contribution in [2.75, 3.05) is 5.43 Å². The summed E-state index contributed by atoms with van der Waals surface area (Å²) in [6, 6.07) is 5.36. The van der Waals surface area contributed by atoms with Crippen molar-refractivity contribution in [1.82, 2.24) is 0 Å². The maximum Gasteiger partial charge on any atom is 0.201 e. The van der Waals surface area contributed by atoms with Gasteiger partial charge in [0, 0.05) is 13.4 Å². The third kappa shape index (κ3) is 3.80. The van der Waals surface area contributed by atoms with Crippen LogP contribution in [0.2, 0.25) is 0 Å². The van der Waals surface area contributed by atoms with Crippen molar-refractivity contribution in [2.45, 2.75) is 0 Å². The van der Waals surface area contributed by atoms with Gasteiger partial charge in [0.15, 0.2) is 5.84 Å². The van der Waals surface area contributed by atoms with Crippen LogP contribution in [0.15, 0.2) is 30.7 Å². The van der Waals surface area contributed by atoms with E-state index in [1.165, 1.54) is 0 Å². The number of hydrogen-bond acceptors (Lipinski definition) is 4. The first-order chi connectivity index (χ1) is 7.95. The average Bonchev–Trinajstić information content (AvgIpc) is 2.21. The number of anilines is 1. The van der Waals surface area contributed by atoms with E-state index in [0.717, 1.165) is 13.4 Å². The van der Waals surface area contributed by atoms with Crippen LogP contribution in [0.25, 0.3) is 0 Å². The highest BCUT2D eigenvalue weighted by Gasteiger charge is 2.07. The Labute approximate surface area is 123 Å². The van der Waals surface area contributed by atoms with Crippen molar-refractivity contribution < 1.29 is 0 Å². The topological polar surface area (TPSA) is 98.0 Å². The SMILES string of the molecule is N#C/C(=N\Nc1c(Br)cc(Br)cc1Br)C(=N)N. The van der Waals surface area contributed by atoms with E-state index in [-0.39, 0.29) is 11.5 Å². The number of nitriles is 1. The van der Waals surface area contributed by atoms with Gasteiger partial charge in [0.1, 0.15) is 6.07 Å². The second-order valence-corrected chi connectivity index (χ2v) is 5.47. The molecule has 0 radical (unpaired) electrons. The molecule has 1 aromatic carbocycles. The van der Waals surface area contributed by atoms with E-state index in [1.807, 2.05) is 12.1 Å². The molecule has 8 heteroatoms. The highest BCUT2D eigenvalue weighted by atomic mass is 79.9. The van der Waals surface area contributed by atoms with Crippen LogP contribution < -0.4 is 11.2 Å². The van der Waals surface area contributed by atoms with Crippen LogP contribution in [0.5, 0.6) is 0 Å². The van der Waals surface area contributed by atoms with Gasteiger partial charge in [-0.25, -0.2) is 0 Å². The lowest BCUT2D eigenvalue weighted by molar-refractivity contribution is 1.31. The van der Waals surface area contributed by atoms with E-state index < -0.39 is 0 Å². The Hall–Kier alpha value is -0.910. The maximum atomic E-state index is 8.68. The normalized spacial score (nSPS) is 10.8. The van der Waals surface area contributed by atoms with Gasteiger partial charge < -0.3 is 5.73 Å². The van der Waals surface area contributed by atoms with Crippen LogP contribution in [-0.4, -0.2) is 11.5 Å².